The molecule has 4 aromatic carbocycles. The van der Waals surface area contributed by atoms with Crippen molar-refractivity contribution in [3.05, 3.63) is 274 Å². The van der Waals surface area contributed by atoms with Gasteiger partial charge >= 0.3 is 59.5 Å². The van der Waals surface area contributed by atoms with Crippen LogP contribution < -0.4 is 56.1 Å². The Morgan fingerprint density at radius 3 is 1.23 bits per heavy atom. The molecule has 4 aromatic heterocycles. The molecule has 5 aliphatic rings. The molecule has 31 nitrogen and oxygen atoms in total. The molecular formula is C75H68Br5F4N20NaO11S4. The number of halogens is 9. The monoisotopic (exact) mass is 2050 g/mol. The van der Waals surface area contributed by atoms with Crippen molar-refractivity contribution in [3.8, 4) is 0 Å². The minimum Gasteiger partial charge on any atom is -0.463 e. The van der Waals surface area contributed by atoms with Crippen LogP contribution in [0.2, 0.25) is 0 Å². The summed E-state index contributed by atoms with van der Waals surface area (Å²) in [5.74, 6) is -2.10. The normalized spacial score (nSPS) is 16.5. The Labute approximate surface area is 763 Å². The van der Waals surface area contributed by atoms with Crippen molar-refractivity contribution in [2.45, 2.75) is 78.2 Å². The molecule has 0 aliphatic carbocycles. The van der Waals surface area contributed by atoms with Gasteiger partial charge in [0.2, 0.25) is 5.91 Å². The molecule has 8 aromatic rings. The van der Waals surface area contributed by atoms with Crippen molar-refractivity contribution >= 4 is 184 Å². The number of ether oxygens (including phenoxy) is 5. The van der Waals surface area contributed by atoms with E-state index in [-0.39, 0.29) is 105 Å². The number of carbonyl (C=O) groups excluding carboxylic acids is 6. The van der Waals surface area contributed by atoms with E-state index in [2.05, 4.69) is 146 Å². The number of benzene rings is 4. The van der Waals surface area contributed by atoms with Crippen LogP contribution in [0, 0.1) is 23.3 Å². The molecule has 45 heteroatoms. The second-order valence-electron chi connectivity index (χ2n) is 25.1. The molecule has 120 heavy (non-hydrogen) atoms. The van der Waals surface area contributed by atoms with Crippen LogP contribution in [0.15, 0.2) is 207 Å². The van der Waals surface area contributed by atoms with E-state index < -0.39 is 77.2 Å². The molecule has 5 N–H and O–H groups in total. The summed E-state index contributed by atoms with van der Waals surface area (Å²) in [7, 11) is 0. The maximum Gasteiger partial charge on any atom is 1.00 e. The van der Waals surface area contributed by atoms with Gasteiger partial charge in [-0.1, -0.05) is 109 Å². The fraction of sp³-hybridized carbons (Fsp3) is 0.280. The molecule has 0 bridgehead atoms. The first-order valence-corrected chi connectivity index (χ1v) is 43.1. The van der Waals surface area contributed by atoms with Gasteiger partial charge in [-0.3, -0.25) is 29.7 Å². The Morgan fingerprint density at radius 2 is 0.883 bits per heavy atom. The first kappa shape index (κ1) is 96.1. The van der Waals surface area contributed by atoms with Crippen LogP contribution in [-0.4, -0.2) is 148 Å². The van der Waals surface area contributed by atoms with Crippen molar-refractivity contribution in [2.75, 3.05) is 57.9 Å². The van der Waals surface area contributed by atoms with E-state index in [0.29, 0.717) is 123 Å². The number of esters is 4. The number of aromatic nitrogens is 4. The fourth-order valence-electron chi connectivity index (χ4n) is 11.6. The van der Waals surface area contributed by atoms with Crippen LogP contribution in [-0.2, 0) is 47.7 Å². The van der Waals surface area contributed by atoms with Crippen molar-refractivity contribution in [1.29, 1.82) is 0 Å². The molecule has 5 aliphatic heterocycles. The number of carbonyl (C=O) groups is 6. The van der Waals surface area contributed by atoms with Gasteiger partial charge in [0.1, 0.15) is 59.6 Å². The van der Waals surface area contributed by atoms with Crippen LogP contribution in [0.1, 0.15) is 115 Å². The Balaban J connectivity index is 0.000000197. The summed E-state index contributed by atoms with van der Waals surface area (Å²) < 4.78 is 82.8. The van der Waals surface area contributed by atoms with Gasteiger partial charge in [0.05, 0.1) is 74.1 Å². The first-order valence-electron chi connectivity index (χ1n) is 35.3. The first-order chi connectivity index (χ1) is 57.1. The van der Waals surface area contributed by atoms with E-state index in [9.17, 15) is 46.3 Å². The summed E-state index contributed by atoms with van der Waals surface area (Å²) in [4.78, 5) is 117. The summed E-state index contributed by atoms with van der Waals surface area (Å²) in [6, 6.07) is 13.8. The Morgan fingerprint density at radius 1 is 0.542 bits per heavy atom. The second-order valence-corrected chi connectivity index (χ2v) is 32.7. The van der Waals surface area contributed by atoms with Crippen LogP contribution >= 0.6 is 125 Å². The molecule has 0 saturated carbocycles. The van der Waals surface area contributed by atoms with E-state index >= 15 is 0 Å². The summed E-state index contributed by atoms with van der Waals surface area (Å²) in [5.41, 5.74) is 27.0. The van der Waals surface area contributed by atoms with Crippen LogP contribution in [0.25, 0.3) is 26.4 Å². The van der Waals surface area contributed by atoms with Crippen molar-refractivity contribution in [2.24, 2.45) is 25.1 Å². The third kappa shape index (κ3) is 25.1. The average Bonchev–Trinajstić information content (AvgIpc) is 0.853. The van der Waals surface area contributed by atoms with Crippen molar-refractivity contribution in [3.63, 3.8) is 0 Å². The van der Waals surface area contributed by atoms with E-state index in [0.717, 1.165) is 0 Å². The maximum atomic E-state index is 13.8. The van der Waals surface area contributed by atoms with Gasteiger partial charge in [-0.15, -0.1) is 45.3 Å². The number of allylic oxidation sites excluding steroid dienone is 1. The largest absolute Gasteiger partial charge is 1.00 e. The van der Waals surface area contributed by atoms with E-state index in [1.54, 1.807) is 113 Å². The number of aliphatic imine (C=N–C) groups is 4. The minimum atomic E-state index is -0.824. The number of amides is 2. The van der Waals surface area contributed by atoms with Crippen molar-refractivity contribution in [1.82, 2.24) is 51.4 Å². The molecule has 0 radical (unpaired) electrons. The number of alkyl carbamates (subject to hydrolysis) is 1. The number of nitrogens with zero attached hydrogens (tertiary/aromatic N) is 15. The standard InChI is InChI=1S/C22H24BrFN4O4S.C19H16BrFN4O3S.C17H14Br2FN3O2S.C17H14BrFN6O2S.N3.Na/c1-5-31-20(29)16-15(11-26-21(30)32-22(2,3)4)27-18(19-25-8-9-33-19)28-17(16)13-7-6-12(24)10-14(13)23;1-2-28-19(27)15-13-8-23-14(26)9-25(13)17(18-22-5-6-29-18)24-16(15)11-4-3-10(21)7-12(11)20;1-2-25-17(24)13-12(8-18)22-15(16-21-5-6-26-16)23-14(13)10-4-3-9(20)7-11(10)19;1-2-27-17(26)13-12(8-22-25-20)23-15(16-21-5-6-28-16)24-14(13)10-4-3-9(19)7-11(10)18;1-3-2;/h6-10,17H,5,11H2,1-4H3,(H,26,30)(H,27,28);3-7,16H,2,8-9H2,1H3,(H,23,26);3-7,14H,2,8H2,1H3,(H,22,23);3-7,14H,2,8H2,1H3,(H,23,24);;/q;;;;-1;+1. The number of fused-ring (bicyclic) bond motifs is 1. The number of hydrogen-bond donors (Lipinski definition) is 5. The number of piperazine rings is 1. The van der Waals surface area contributed by atoms with E-state index in [1.807, 2.05) is 10.8 Å². The summed E-state index contributed by atoms with van der Waals surface area (Å²) in [6.45, 7) is 12.9. The summed E-state index contributed by atoms with van der Waals surface area (Å²) in [6.07, 6.45) is 5.96. The van der Waals surface area contributed by atoms with Gasteiger partial charge in [0.15, 0.2) is 43.4 Å². The predicted octanol–water partition coefficient (Wildman–Crippen LogP) is 13.8. The number of nitrogens with one attached hydrogen (secondary N) is 5. The molecular weight excluding hydrogens is 1980 g/mol. The molecule has 4 unspecified atom stereocenters. The summed E-state index contributed by atoms with van der Waals surface area (Å²) >= 11 is 22.4. The molecule has 1 fully saturated rings. The number of rotatable bonds is 21. The maximum absolute atomic E-state index is 13.8. The van der Waals surface area contributed by atoms with Gasteiger partial charge in [0.25, 0.3) is 0 Å². The zero-order valence-corrected chi connectivity index (χ0v) is 77.6. The molecule has 13 rings (SSSR count). The average molecular weight is 2050 g/mol. The van der Waals surface area contributed by atoms with Gasteiger partial charge in [-0.25, -0.2) is 61.5 Å². The number of hydrogen-bond acceptors (Lipinski definition) is 28. The third-order valence-electron chi connectivity index (χ3n) is 16.3. The van der Waals surface area contributed by atoms with E-state index in [4.69, 9.17) is 50.3 Å². The van der Waals surface area contributed by atoms with Gasteiger partial charge in [0, 0.05) is 91.5 Å². The minimum absolute atomic E-state index is 0. The molecule has 9 heterocycles. The zero-order chi connectivity index (χ0) is 86.2. The topological polar surface area (TPSA) is 420 Å². The SMILES string of the molecule is CCOC(=O)C1=C(CBr)NC(c2nccs2)=NC1c1ccc(F)cc1Br.CCOC(=O)C1=C(CN=[N+]=[N-])NC(c2nccs2)=NC1c1ccc(F)cc1Br.CCOC(=O)C1=C(CNC(=O)OC(C)(C)C)NC(c2nccs2)=NC1c1ccc(F)cc1Br.CCOC(=O)C1=C2CNC(=O)CN2C(c2nccs2)=NC1c1ccc(F)cc1Br.[N-]=[N+]=[N-].[Na+]. The molecule has 0 spiro atoms. The smallest absolute Gasteiger partial charge is 0.463 e. The van der Waals surface area contributed by atoms with Gasteiger partial charge in [-0.05, 0) is 125 Å². The summed E-state index contributed by atoms with van der Waals surface area (Å²) in [5, 5.41) is 28.5. The Kier molecular flexibility index (Phi) is 36.8. The second kappa shape index (κ2) is 46.0. The molecule has 2 amide bonds. The fourth-order valence-corrected chi connectivity index (χ4v) is 16.7. The quantitative estimate of drug-likeness (QED) is 0.00652. The molecule has 4 atom stereocenters. The Bertz CT molecular complexity index is 5440. The molecule has 622 valence electrons. The number of thiazole rings is 4. The van der Waals surface area contributed by atoms with E-state index in [1.165, 1.54) is 98.8 Å². The van der Waals surface area contributed by atoms with Crippen LogP contribution in [0.5, 0.6) is 0 Å². The van der Waals surface area contributed by atoms with Gasteiger partial charge < -0.3 is 66.2 Å². The number of amidine groups is 4. The third-order valence-corrected chi connectivity index (χ3v) is 22.7. The number of alkyl halides is 1. The van der Waals surface area contributed by atoms with Gasteiger partial charge in [-0.2, -0.15) is 0 Å². The van der Waals surface area contributed by atoms with Crippen molar-refractivity contribution < 1.29 is 99.6 Å². The Hall–Kier alpha value is -9.40. The van der Waals surface area contributed by atoms with Crippen LogP contribution in [0.4, 0.5) is 22.4 Å². The zero-order valence-electron chi connectivity index (χ0n) is 64.5. The number of azide groups is 1. The van der Waals surface area contributed by atoms with Crippen LogP contribution in [0.3, 0.4) is 0 Å². The predicted molar refractivity (Wildman–Crippen MR) is 458 cm³/mol. The molecule has 1 saturated heterocycles.